The second kappa shape index (κ2) is 6.68. The van der Waals surface area contributed by atoms with Crippen molar-refractivity contribution in [3.05, 3.63) is 58.6 Å². The van der Waals surface area contributed by atoms with E-state index in [9.17, 15) is 9.70 Å². The number of aryl methyl sites for hydroxylation is 1. The Kier molecular flexibility index (Phi) is 4.43. The van der Waals surface area contributed by atoms with Gasteiger partial charge in [-0.05, 0) is 67.1 Å². The highest BCUT2D eigenvalue weighted by Gasteiger charge is 2.11. The van der Waals surface area contributed by atoms with Crippen LogP contribution in [0.25, 0.3) is 10.9 Å². The van der Waals surface area contributed by atoms with E-state index >= 15 is 0 Å². The highest BCUT2D eigenvalue weighted by atomic mass is 16.3. The van der Waals surface area contributed by atoms with E-state index in [0.717, 1.165) is 39.2 Å². The number of nitrogens with one attached hydrogen (secondary N) is 2. The molecule has 1 aromatic heterocycles. The molecule has 25 heavy (non-hydrogen) atoms. The van der Waals surface area contributed by atoms with E-state index in [2.05, 4.69) is 20.8 Å². The summed E-state index contributed by atoms with van der Waals surface area (Å²) in [5.41, 5.74) is 5.56. The Labute approximate surface area is 145 Å². The second-order valence-electron chi connectivity index (χ2n) is 5.87. The van der Waals surface area contributed by atoms with Gasteiger partial charge >= 0.3 is 0 Å². The van der Waals surface area contributed by atoms with Crippen molar-refractivity contribution in [2.45, 2.75) is 20.8 Å². The van der Waals surface area contributed by atoms with E-state index in [4.69, 9.17) is 0 Å². The van der Waals surface area contributed by atoms with Gasteiger partial charge in [0.25, 0.3) is 0 Å². The van der Waals surface area contributed by atoms with Crippen LogP contribution in [0.5, 0.6) is 0 Å². The number of carbonyl (C=O) groups excluding carboxylic acids is 1. The van der Waals surface area contributed by atoms with Crippen molar-refractivity contribution in [1.29, 1.82) is 0 Å². The fraction of sp³-hybridized carbons (Fsp3) is 0.158. The van der Waals surface area contributed by atoms with Gasteiger partial charge in [-0.3, -0.25) is 9.78 Å². The lowest BCUT2D eigenvalue weighted by Gasteiger charge is -2.15. The SMILES string of the molecule is CC(=O)Nc1ccc(Nc2c(C)c(C)nc3cc(N=O)ccc23)cc1. The van der Waals surface area contributed by atoms with Crippen LogP contribution in [0, 0.1) is 18.8 Å². The normalized spacial score (nSPS) is 10.5. The Balaban J connectivity index is 2.01. The molecule has 6 nitrogen and oxygen atoms in total. The fourth-order valence-electron chi connectivity index (χ4n) is 2.67. The third kappa shape index (κ3) is 3.47. The highest BCUT2D eigenvalue weighted by molar-refractivity contribution is 5.96. The van der Waals surface area contributed by atoms with Crippen LogP contribution in [0.3, 0.4) is 0 Å². The number of pyridine rings is 1. The monoisotopic (exact) mass is 334 g/mol. The summed E-state index contributed by atoms with van der Waals surface area (Å²) in [7, 11) is 0. The summed E-state index contributed by atoms with van der Waals surface area (Å²) in [5.74, 6) is -0.105. The zero-order valence-electron chi connectivity index (χ0n) is 14.3. The molecule has 2 aromatic carbocycles. The maximum atomic E-state index is 11.1. The molecule has 3 aromatic rings. The maximum absolute atomic E-state index is 11.1. The van der Waals surface area contributed by atoms with Crippen LogP contribution in [0.15, 0.2) is 47.6 Å². The van der Waals surface area contributed by atoms with Crippen molar-refractivity contribution in [1.82, 2.24) is 4.98 Å². The van der Waals surface area contributed by atoms with Gasteiger partial charge < -0.3 is 10.6 Å². The minimum Gasteiger partial charge on any atom is -0.355 e. The van der Waals surface area contributed by atoms with Gasteiger partial charge in [0, 0.05) is 29.4 Å². The summed E-state index contributed by atoms with van der Waals surface area (Å²) in [4.78, 5) is 26.4. The molecular formula is C19H18N4O2. The molecule has 0 unspecified atom stereocenters. The van der Waals surface area contributed by atoms with Crippen molar-refractivity contribution in [2.75, 3.05) is 10.6 Å². The lowest BCUT2D eigenvalue weighted by atomic mass is 10.1. The zero-order chi connectivity index (χ0) is 18.0. The molecule has 6 heteroatoms. The third-order valence-electron chi connectivity index (χ3n) is 4.04. The quantitative estimate of drug-likeness (QED) is 0.661. The first kappa shape index (κ1) is 16.6. The number of rotatable bonds is 4. The number of benzene rings is 2. The first-order valence-electron chi connectivity index (χ1n) is 7.87. The molecule has 2 N–H and O–H groups in total. The number of aromatic nitrogens is 1. The standard InChI is InChI=1S/C19H18N4O2/c1-11-12(2)20-18-10-16(23-25)8-9-17(18)19(11)22-15-6-4-14(5-7-15)21-13(3)24/h4-10H,1-3H3,(H,20,22)(H,21,24). The van der Waals surface area contributed by atoms with Crippen molar-refractivity contribution in [3.63, 3.8) is 0 Å². The summed E-state index contributed by atoms with van der Waals surface area (Å²) in [5, 5.41) is 10.0. The van der Waals surface area contributed by atoms with Gasteiger partial charge in [0.1, 0.15) is 5.69 Å². The summed E-state index contributed by atoms with van der Waals surface area (Å²) < 4.78 is 0. The fourth-order valence-corrected chi connectivity index (χ4v) is 2.67. The molecule has 0 spiro atoms. The van der Waals surface area contributed by atoms with Crippen molar-refractivity contribution in [3.8, 4) is 0 Å². The van der Waals surface area contributed by atoms with Crippen LogP contribution in [-0.4, -0.2) is 10.9 Å². The average molecular weight is 334 g/mol. The summed E-state index contributed by atoms with van der Waals surface area (Å²) in [6.07, 6.45) is 0. The Bertz CT molecular complexity index is 965. The number of carbonyl (C=O) groups is 1. The molecule has 0 bridgehead atoms. The largest absolute Gasteiger partial charge is 0.355 e. The third-order valence-corrected chi connectivity index (χ3v) is 4.04. The topological polar surface area (TPSA) is 83.4 Å². The molecule has 0 aliphatic rings. The van der Waals surface area contributed by atoms with Gasteiger partial charge in [-0.1, -0.05) is 0 Å². The van der Waals surface area contributed by atoms with E-state index in [1.807, 2.05) is 44.2 Å². The van der Waals surface area contributed by atoms with E-state index in [1.165, 1.54) is 6.92 Å². The minimum atomic E-state index is -0.105. The minimum absolute atomic E-state index is 0.105. The molecule has 1 heterocycles. The van der Waals surface area contributed by atoms with Crippen LogP contribution in [-0.2, 0) is 4.79 Å². The van der Waals surface area contributed by atoms with Gasteiger partial charge in [-0.2, -0.15) is 0 Å². The predicted octanol–water partition coefficient (Wildman–Crippen LogP) is 4.95. The lowest BCUT2D eigenvalue weighted by molar-refractivity contribution is -0.114. The first-order chi connectivity index (χ1) is 12.0. The Hall–Kier alpha value is -3.28. The van der Waals surface area contributed by atoms with E-state index < -0.39 is 0 Å². The van der Waals surface area contributed by atoms with Gasteiger partial charge in [-0.15, -0.1) is 4.91 Å². The highest BCUT2D eigenvalue weighted by Crippen LogP contribution is 2.32. The van der Waals surface area contributed by atoms with Crippen molar-refractivity contribution >= 4 is 39.6 Å². The number of anilines is 3. The molecular weight excluding hydrogens is 316 g/mol. The molecule has 0 saturated heterocycles. The molecule has 0 atom stereocenters. The van der Waals surface area contributed by atoms with E-state index in [0.29, 0.717) is 5.69 Å². The van der Waals surface area contributed by atoms with Crippen molar-refractivity contribution in [2.24, 2.45) is 5.18 Å². The zero-order valence-corrected chi connectivity index (χ0v) is 14.3. The Morgan fingerprint density at radius 2 is 1.72 bits per heavy atom. The van der Waals surface area contributed by atoms with Crippen LogP contribution in [0.1, 0.15) is 18.2 Å². The van der Waals surface area contributed by atoms with Crippen LogP contribution < -0.4 is 10.6 Å². The van der Waals surface area contributed by atoms with Crippen molar-refractivity contribution < 1.29 is 4.79 Å². The molecule has 0 aliphatic carbocycles. The van der Waals surface area contributed by atoms with Gasteiger partial charge in [0.05, 0.1) is 11.2 Å². The van der Waals surface area contributed by atoms with Gasteiger partial charge in [0.2, 0.25) is 5.91 Å². The second-order valence-corrected chi connectivity index (χ2v) is 5.87. The summed E-state index contributed by atoms with van der Waals surface area (Å²) >= 11 is 0. The molecule has 0 saturated carbocycles. The number of nitrogens with zero attached hydrogens (tertiary/aromatic N) is 2. The van der Waals surface area contributed by atoms with E-state index in [1.54, 1.807) is 12.1 Å². The van der Waals surface area contributed by atoms with Crippen LogP contribution in [0.4, 0.5) is 22.7 Å². The van der Waals surface area contributed by atoms with Gasteiger partial charge in [0.15, 0.2) is 0 Å². The Morgan fingerprint density at radius 3 is 2.36 bits per heavy atom. The Morgan fingerprint density at radius 1 is 1.04 bits per heavy atom. The predicted molar refractivity (Wildman–Crippen MR) is 101 cm³/mol. The molecule has 0 fully saturated rings. The average Bonchev–Trinajstić information content (AvgIpc) is 2.59. The molecule has 0 aliphatic heterocycles. The number of hydrogen-bond acceptors (Lipinski definition) is 5. The summed E-state index contributed by atoms with van der Waals surface area (Å²) in [6, 6.07) is 12.7. The lowest BCUT2D eigenvalue weighted by Crippen LogP contribution is -2.05. The molecule has 3 rings (SSSR count). The number of nitroso groups, excluding NO2 is 1. The smallest absolute Gasteiger partial charge is 0.221 e. The molecule has 1 amide bonds. The summed E-state index contributed by atoms with van der Waals surface area (Å²) in [6.45, 7) is 5.41. The number of amides is 1. The number of hydrogen-bond donors (Lipinski definition) is 2. The molecule has 0 radical (unpaired) electrons. The van der Waals surface area contributed by atoms with Gasteiger partial charge in [-0.25, -0.2) is 0 Å². The van der Waals surface area contributed by atoms with Crippen LogP contribution in [0.2, 0.25) is 0 Å². The molecule has 126 valence electrons. The first-order valence-corrected chi connectivity index (χ1v) is 7.87. The maximum Gasteiger partial charge on any atom is 0.221 e. The number of fused-ring (bicyclic) bond motifs is 1. The van der Waals surface area contributed by atoms with E-state index in [-0.39, 0.29) is 5.91 Å². The van der Waals surface area contributed by atoms with Crippen LogP contribution >= 0.6 is 0 Å².